The molecule has 0 aliphatic heterocycles. The second-order valence-corrected chi connectivity index (χ2v) is 3.48. The van der Waals surface area contributed by atoms with Crippen LogP contribution < -0.4 is 10.6 Å². The molecule has 0 bridgehead atoms. The summed E-state index contributed by atoms with van der Waals surface area (Å²) in [6, 6.07) is 9.30. The molecule has 78 valence electrons. The van der Waals surface area contributed by atoms with Gasteiger partial charge in [0.1, 0.15) is 0 Å². The molecule has 0 saturated heterocycles. The molecule has 0 aromatic heterocycles. The summed E-state index contributed by atoms with van der Waals surface area (Å²) in [6.45, 7) is 2.93. The molecule has 0 saturated carbocycles. The predicted molar refractivity (Wildman–Crippen MR) is 65.7 cm³/mol. The summed E-state index contributed by atoms with van der Waals surface area (Å²) in [7, 11) is 0. The third kappa shape index (κ3) is 3.96. The average molecular weight is 219 g/mol. The van der Waals surface area contributed by atoms with Crippen molar-refractivity contribution in [2.24, 2.45) is 0 Å². The molecule has 0 radical (unpaired) electrons. The van der Waals surface area contributed by atoms with E-state index in [-0.39, 0.29) is 0 Å². The van der Waals surface area contributed by atoms with E-state index in [1.165, 1.54) is 0 Å². The summed E-state index contributed by atoms with van der Waals surface area (Å²) in [4.78, 5) is 0. The van der Waals surface area contributed by atoms with Crippen molar-refractivity contribution in [3.63, 3.8) is 0 Å². The van der Waals surface area contributed by atoms with Crippen LogP contribution >= 0.6 is 12.2 Å². The van der Waals surface area contributed by atoms with E-state index in [2.05, 4.69) is 23.6 Å². The fourth-order valence-electron chi connectivity index (χ4n) is 1.08. The lowest BCUT2D eigenvalue weighted by Crippen LogP contribution is -2.28. The first-order chi connectivity index (χ1) is 7.26. The van der Waals surface area contributed by atoms with Crippen LogP contribution in [0.4, 0.5) is 5.69 Å². The maximum atomic E-state index is 8.71. The van der Waals surface area contributed by atoms with Gasteiger partial charge in [0.2, 0.25) is 0 Å². The van der Waals surface area contributed by atoms with Gasteiger partial charge in [-0.1, -0.05) is 13.0 Å². The van der Waals surface area contributed by atoms with E-state index in [1.807, 2.05) is 12.1 Å². The summed E-state index contributed by atoms with van der Waals surface area (Å²) >= 11 is 5.08. The Morgan fingerprint density at radius 2 is 2.33 bits per heavy atom. The summed E-state index contributed by atoms with van der Waals surface area (Å²) in [5.41, 5.74) is 1.46. The van der Waals surface area contributed by atoms with Crippen LogP contribution in [0.2, 0.25) is 0 Å². The van der Waals surface area contributed by atoms with Crippen LogP contribution in [0, 0.1) is 11.3 Å². The third-order valence-electron chi connectivity index (χ3n) is 1.79. The van der Waals surface area contributed by atoms with Crippen LogP contribution in [0.1, 0.15) is 18.9 Å². The lowest BCUT2D eigenvalue weighted by atomic mass is 10.2. The van der Waals surface area contributed by atoms with Gasteiger partial charge in [0.05, 0.1) is 11.6 Å². The molecule has 1 aromatic carbocycles. The lowest BCUT2D eigenvalue weighted by molar-refractivity contribution is 0.846. The first kappa shape index (κ1) is 11.5. The first-order valence-electron chi connectivity index (χ1n) is 4.81. The molecule has 0 fully saturated rings. The topological polar surface area (TPSA) is 47.8 Å². The van der Waals surface area contributed by atoms with E-state index in [0.29, 0.717) is 10.7 Å². The smallest absolute Gasteiger partial charge is 0.170 e. The Morgan fingerprint density at radius 3 is 3.00 bits per heavy atom. The maximum absolute atomic E-state index is 8.71. The molecule has 4 heteroatoms. The highest BCUT2D eigenvalue weighted by molar-refractivity contribution is 7.80. The minimum Gasteiger partial charge on any atom is -0.362 e. The van der Waals surface area contributed by atoms with Crippen LogP contribution in [0.5, 0.6) is 0 Å². The van der Waals surface area contributed by atoms with Gasteiger partial charge in [0.15, 0.2) is 5.11 Å². The summed E-state index contributed by atoms with van der Waals surface area (Å²) in [5, 5.41) is 15.4. The fourth-order valence-corrected chi connectivity index (χ4v) is 1.30. The Morgan fingerprint density at radius 1 is 1.53 bits per heavy atom. The van der Waals surface area contributed by atoms with Crippen molar-refractivity contribution in [1.82, 2.24) is 5.32 Å². The monoisotopic (exact) mass is 219 g/mol. The second kappa shape index (κ2) is 5.99. The van der Waals surface area contributed by atoms with Gasteiger partial charge in [-0.15, -0.1) is 0 Å². The summed E-state index contributed by atoms with van der Waals surface area (Å²) in [5.74, 6) is 0. The number of rotatable bonds is 3. The Bertz CT molecular complexity index is 382. The fraction of sp³-hybridized carbons (Fsp3) is 0.273. The average Bonchev–Trinajstić information content (AvgIpc) is 2.26. The quantitative estimate of drug-likeness (QED) is 0.765. The number of nitrogens with one attached hydrogen (secondary N) is 2. The molecular formula is C11H13N3S. The third-order valence-corrected chi connectivity index (χ3v) is 2.03. The van der Waals surface area contributed by atoms with Crippen LogP contribution in [0.3, 0.4) is 0 Å². The highest BCUT2D eigenvalue weighted by Gasteiger charge is 1.97. The standard InChI is InChI=1S/C11H13N3S/c1-2-6-13-11(15)14-10-5-3-4-9(7-10)8-12/h3-5,7H,2,6H2,1H3,(H2,13,14,15). The van der Waals surface area contributed by atoms with Crippen molar-refractivity contribution in [2.75, 3.05) is 11.9 Å². The van der Waals surface area contributed by atoms with Gasteiger partial charge < -0.3 is 10.6 Å². The molecule has 1 rings (SSSR count). The van der Waals surface area contributed by atoms with Gasteiger partial charge in [0.25, 0.3) is 0 Å². The van der Waals surface area contributed by atoms with E-state index in [4.69, 9.17) is 17.5 Å². The Labute approximate surface area is 95.1 Å². The van der Waals surface area contributed by atoms with Gasteiger partial charge >= 0.3 is 0 Å². The van der Waals surface area contributed by atoms with Gasteiger partial charge in [-0.25, -0.2) is 0 Å². The zero-order valence-electron chi connectivity index (χ0n) is 8.58. The molecule has 2 N–H and O–H groups in total. The molecule has 1 aromatic rings. The highest BCUT2D eigenvalue weighted by Crippen LogP contribution is 2.09. The molecule has 0 amide bonds. The number of benzene rings is 1. The molecule has 0 spiro atoms. The summed E-state index contributed by atoms with van der Waals surface area (Å²) < 4.78 is 0. The molecule has 0 unspecified atom stereocenters. The molecule has 0 heterocycles. The minimum absolute atomic E-state index is 0.590. The molecular weight excluding hydrogens is 206 g/mol. The van der Waals surface area contributed by atoms with Crippen molar-refractivity contribution in [1.29, 1.82) is 5.26 Å². The lowest BCUT2D eigenvalue weighted by Gasteiger charge is -2.09. The van der Waals surface area contributed by atoms with E-state index < -0.39 is 0 Å². The molecule has 3 nitrogen and oxygen atoms in total. The highest BCUT2D eigenvalue weighted by atomic mass is 32.1. The predicted octanol–water partition coefficient (Wildman–Crippen LogP) is 2.25. The molecule has 0 aliphatic rings. The number of nitriles is 1. The normalized spacial score (nSPS) is 9.07. The number of anilines is 1. The maximum Gasteiger partial charge on any atom is 0.170 e. The first-order valence-corrected chi connectivity index (χ1v) is 5.22. The van der Waals surface area contributed by atoms with Gasteiger partial charge in [-0.05, 0) is 36.8 Å². The largest absolute Gasteiger partial charge is 0.362 e. The molecule has 15 heavy (non-hydrogen) atoms. The number of hydrogen-bond donors (Lipinski definition) is 2. The summed E-state index contributed by atoms with van der Waals surface area (Å²) in [6.07, 6.45) is 1.03. The van der Waals surface area contributed by atoms with Crippen LogP contribution in [-0.2, 0) is 0 Å². The van der Waals surface area contributed by atoms with Gasteiger partial charge in [0, 0.05) is 12.2 Å². The van der Waals surface area contributed by atoms with Crippen molar-refractivity contribution in [3.05, 3.63) is 29.8 Å². The Balaban J connectivity index is 2.57. The van der Waals surface area contributed by atoms with Crippen LogP contribution in [0.15, 0.2) is 24.3 Å². The minimum atomic E-state index is 0.590. The van der Waals surface area contributed by atoms with Gasteiger partial charge in [-0.3, -0.25) is 0 Å². The van der Waals surface area contributed by atoms with E-state index in [9.17, 15) is 0 Å². The van der Waals surface area contributed by atoms with Crippen molar-refractivity contribution in [2.45, 2.75) is 13.3 Å². The van der Waals surface area contributed by atoms with Crippen LogP contribution in [0.25, 0.3) is 0 Å². The van der Waals surface area contributed by atoms with Crippen LogP contribution in [-0.4, -0.2) is 11.7 Å². The Hall–Kier alpha value is -1.60. The van der Waals surface area contributed by atoms with E-state index >= 15 is 0 Å². The SMILES string of the molecule is CCCNC(=S)Nc1cccc(C#N)c1. The van der Waals surface area contributed by atoms with E-state index in [1.54, 1.807) is 12.1 Å². The van der Waals surface area contributed by atoms with E-state index in [0.717, 1.165) is 18.7 Å². The van der Waals surface area contributed by atoms with Crippen molar-refractivity contribution < 1.29 is 0 Å². The second-order valence-electron chi connectivity index (χ2n) is 3.07. The van der Waals surface area contributed by atoms with Gasteiger partial charge in [-0.2, -0.15) is 5.26 Å². The number of thiocarbonyl (C=S) groups is 1. The zero-order valence-corrected chi connectivity index (χ0v) is 9.40. The van der Waals surface area contributed by atoms with Crippen molar-refractivity contribution >= 4 is 23.0 Å². The Kier molecular flexibility index (Phi) is 4.58. The number of hydrogen-bond acceptors (Lipinski definition) is 2. The molecule has 0 aliphatic carbocycles. The van der Waals surface area contributed by atoms with Crippen molar-refractivity contribution in [3.8, 4) is 6.07 Å². The number of nitrogens with zero attached hydrogens (tertiary/aromatic N) is 1. The zero-order chi connectivity index (χ0) is 11.1. The molecule has 0 atom stereocenters.